The van der Waals surface area contributed by atoms with E-state index in [1.165, 1.54) is 24.2 Å². The fraction of sp³-hybridized carbons (Fsp3) is 0.591. The molecular formula is C22H31N3O3. The molecule has 2 aliphatic heterocycles. The number of carbonyl (C=O) groups excluding carboxylic acids is 3. The van der Waals surface area contributed by atoms with Gasteiger partial charge in [-0.2, -0.15) is 0 Å². The van der Waals surface area contributed by atoms with Crippen LogP contribution in [0.3, 0.4) is 0 Å². The van der Waals surface area contributed by atoms with Gasteiger partial charge >= 0.3 is 0 Å². The van der Waals surface area contributed by atoms with Crippen LogP contribution in [0.1, 0.15) is 71.7 Å². The van der Waals surface area contributed by atoms with E-state index >= 15 is 0 Å². The fourth-order valence-corrected chi connectivity index (χ4v) is 4.09. The van der Waals surface area contributed by atoms with Crippen LogP contribution in [-0.2, 0) is 4.79 Å². The number of hydrogen-bond acceptors (Lipinski definition) is 4. The van der Waals surface area contributed by atoms with Gasteiger partial charge in [-0.05, 0) is 58.2 Å². The van der Waals surface area contributed by atoms with Crippen LogP contribution < -0.4 is 5.32 Å². The maximum absolute atomic E-state index is 12.4. The van der Waals surface area contributed by atoms with Crippen LogP contribution >= 0.6 is 0 Å². The van der Waals surface area contributed by atoms with Gasteiger partial charge in [0.25, 0.3) is 11.8 Å². The van der Waals surface area contributed by atoms with Gasteiger partial charge in [0.05, 0.1) is 11.1 Å². The Morgan fingerprint density at radius 2 is 1.89 bits per heavy atom. The van der Waals surface area contributed by atoms with Gasteiger partial charge in [-0.15, -0.1) is 0 Å². The lowest BCUT2D eigenvalue weighted by Crippen LogP contribution is -2.39. The molecule has 28 heavy (non-hydrogen) atoms. The molecule has 0 spiro atoms. The Bertz CT molecular complexity index is 747. The second-order valence-electron chi connectivity index (χ2n) is 8.00. The first kappa shape index (κ1) is 20.5. The zero-order valence-corrected chi connectivity index (χ0v) is 17.0. The fourth-order valence-electron chi connectivity index (χ4n) is 4.09. The van der Waals surface area contributed by atoms with Gasteiger partial charge in [-0.25, -0.2) is 0 Å². The summed E-state index contributed by atoms with van der Waals surface area (Å²) in [5, 5.41) is 2.96. The van der Waals surface area contributed by atoms with Crippen molar-refractivity contribution < 1.29 is 14.4 Å². The molecule has 3 amide bonds. The smallest absolute Gasteiger partial charge is 0.261 e. The number of carbonyl (C=O) groups is 3. The van der Waals surface area contributed by atoms with Crippen molar-refractivity contribution in [3.63, 3.8) is 0 Å². The highest BCUT2D eigenvalue weighted by molar-refractivity contribution is 6.21. The molecule has 1 atom stereocenters. The van der Waals surface area contributed by atoms with E-state index in [-0.39, 0.29) is 24.3 Å². The third-order valence-electron chi connectivity index (χ3n) is 5.80. The van der Waals surface area contributed by atoms with E-state index in [4.69, 9.17) is 0 Å². The highest BCUT2D eigenvalue weighted by atomic mass is 16.2. The summed E-state index contributed by atoms with van der Waals surface area (Å²) in [7, 11) is 0. The predicted octanol–water partition coefficient (Wildman–Crippen LogP) is 2.75. The Kier molecular flexibility index (Phi) is 6.83. The monoisotopic (exact) mass is 385 g/mol. The number of imide groups is 1. The average molecular weight is 386 g/mol. The lowest BCUT2D eigenvalue weighted by Gasteiger charge is -2.33. The zero-order chi connectivity index (χ0) is 20.1. The SMILES string of the molecule is Cc1ccc2c(c1)C(=O)N(CCCC(=O)NCCCN1CCCCC1C)C2=O. The van der Waals surface area contributed by atoms with Crippen molar-refractivity contribution >= 4 is 17.7 Å². The summed E-state index contributed by atoms with van der Waals surface area (Å²) in [6.07, 6.45) is 5.62. The number of hydrogen-bond donors (Lipinski definition) is 1. The number of fused-ring (bicyclic) bond motifs is 1. The average Bonchev–Trinajstić information content (AvgIpc) is 2.91. The predicted molar refractivity (Wildman–Crippen MR) is 108 cm³/mol. The van der Waals surface area contributed by atoms with Crippen molar-refractivity contribution in [1.29, 1.82) is 0 Å². The van der Waals surface area contributed by atoms with Crippen LogP contribution in [0.4, 0.5) is 0 Å². The first-order valence-electron chi connectivity index (χ1n) is 10.4. The largest absolute Gasteiger partial charge is 0.356 e. The van der Waals surface area contributed by atoms with Crippen LogP contribution in [0.15, 0.2) is 18.2 Å². The van der Waals surface area contributed by atoms with E-state index in [0.717, 1.165) is 25.1 Å². The molecular weight excluding hydrogens is 354 g/mol. The number of nitrogens with one attached hydrogen (secondary N) is 1. The number of nitrogens with zero attached hydrogens (tertiary/aromatic N) is 2. The van der Waals surface area contributed by atoms with E-state index < -0.39 is 0 Å². The molecule has 1 fully saturated rings. The van der Waals surface area contributed by atoms with Gasteiger partial charge in [0.15, 0.2) is 0 Å². The van der Waals surface area contributed by atoms with Gasteiger partial charge in [-0.1, -0.05) is 18.1 Å². The minimum absolute atomic E-state index is 0.0147. The Morgan fingerprint density at radius 1 is 1.11 bits per heavy atom. The molecule has 1 saturated heterocycles. The second kappa shape index (κ2) is 9.32. The normalized spacial score (nSPS) is 19.8. The van der Waals surface area contributed by atoms with Gasteiger partial charge < -0.3 is 10.2 Å². The standard InChI is InChI=1S/C22H31N3O3/c1-16-9-10-18-19(15-16)22(28)25(21(18)27)14-5-8-20(26)23-11-6-13-24-12-4-3-7-17(24)2/h9-10,15,17H,3-8,11-14H2,1-2H3,(H,23,26). The molecule has 1 N–H and O–H groups in total. The lowest BCUT2D eigenvalue weighted by molar-refractivity contribution is -0.121. The van der Waals surface area contributed by atoms with Gasteiger partial charge in [0.2, 0.25) is 5.91 Å². The van der Waals surface area contributed by atoms with E-state index in [9.17, 15) is 14.4 Å². The number of amides is 3. The van der Waals surface area contributed by atoms with Crippen molar-refractivity contribution in [3.05, 3.63) is 34.9 Å². The Balaban J connectivity index is 1.34. The van der Waals surface area contributed by atoms with Gasteiger partial charge in [0, 0.05) is 32.1 Å². The van der Waals surface area contributed by atoms with Crippen LogP contribution in [-0.4, -0.2) is 59.7 Å². The third-order valence-corrected chi connectivity index (χ3v) is 5.80. The molecule has 152 valence electrons. The summed E-state index contributed by atoms with van der Waals surface area (Å²) in [4.78, 5) is 40.6. The Hall–Kier alpha value is -2.21. The highest BCUT2D eigenvalue weighted by Gasteiger charge is 2.34. The molecule has 2 aliphatic rings. The van der Waals surface area contributed by atoms with E-state index in [2.05, 4.69) is 17.1 Å². The van der Waals surface area contributed by atoms with Crippen LogP contribution in [0.2, 0.25) is 0 Å². The molecule has 6 heteroatoms. The first-order chi connectivity index (χ1) is 13.5. The minimum Gasteiger partial charge on any atom is -0.356 e. The molecule has 1 unspecified atom stereocenters. The summed E-state index contributed by atoms with van der Waals surface area (Å²) >= 11 is 0. The summed E-state index contributed by atoms with van der Waals surface area (Å²) in [5.41, 5.74) is 1.90. The van der Waals surface area contributed by atoms with Crippen LogP contribution in [0.25, 0.3) is 0 Å². The van der Waals surface area contributed by atoms with Crippen molar-refractivity contribution in [2.45, 2.75) is 58.4 Å². The van der Waals surface area contributed by atoms with Crippen molar-refractivity contribution in [1.82, 2.24) is 15.1 Å². The van der Waals surface area contributed by atoms with Crippen molar-refractivity contribution in [3.8, 4) is 0 Å². The zero-order valence-electron chi connectivity index (χ0n) is 17.0. The quantitative estimate of drug-likeness (QED) is 0.552. The summed E-state index contributed by atoms with van der Waals surface area (Å²) in [6, 6.07) is 5.95. The second-order valence-corrected chi connectivity index (χ2v) is 8.00. The first-order valence-corrected chi connectivity index (χ1v) is 10.4. The molecule has 0 saturated carbocycles. The molecule has 0 aliphatic carbocycles. The van der Waals surface area contributed by atoms with Crippen LogP contribution in [0.5, 0.6) is 0 Å². The van der Waals surface area contributed by atoms with Crippen molar-refractivity contribution in [2.24, 2.45) is 0 Å². The summed E-state index contributed by atoms with van der Waals surface area (Å²) < 4.78 is 0. The summed E-state index contributed by atoms with van der Waals surface area (Å²) in [5.74, 6) is -0.519. The Labute approximate surface area is 167 Å². The molecule has 1 aromatic rings. The molecule has 3 rings (SSSR count). The summed E-state index contributed by atoms with van der Waals surface area (Å²) in [6.45, 7) is 7.32. The minimum atomic E-state index is -0.254. The molecule has 6 nitrogen and oxygen atoms in total. The molecule has 1 aromatic carbocycles. The maximum atomic E-state index is 12.4. The highest BCUT2D eigenvalue weighted by Crippen LogP contribution is 2.24. The van der Waals surface area contributed by atoms with E-state index in [0.29, 0.717) is 36.6 Å². The van der Waals surface area contributed by atoms with Crippen LogP contribution in [0, 0.1) is 6.92 Å². The van der Waals surface area contributed by atoms with Gasteiger partial charge in [-0.3, -0.25) is 19.3 Å². The molecule has 0 bridgehead atoms. The number of benzene rings is 1. The Morgan fingerprint density at radius 3 is 2.68 bits per heavy atom. The van der Waals surface area contributed by atoms with E-state index in [1.54, 1.807) is 12.1 Å². The molecule has 0 radical (unpaired) electrons. The van der Waals surface area contributed by atoms with Crippen molar-refractivity contribution in [2.75, 3.05) is 26.2 Å². The molecule has 0 aromatic heterocycles. The lowest BCUT2D eigenvalue weighted by atomic mass is 10.0. The number of likely N-dealkylation sites (tertiary alicyclic amines) is 1. The number of aryl methyl sites for hydroxylation is 1. The molecule has 2 heterocycles. The number of rotatable bonds is 8. The third kappa shape index (κ3) is 4.79. The number of piperidine rings is 1. The maximum Gasteiger partial charge on any atom is 0.261 e. The van der Waals surface area contributed by atoms with E-state index in [1.807, 2.05) is 13.0 Å². The van der Waals surface area contributed by atoms with Gasteiger partial charge in [0.1, 0.15) is 0 Å². The topological polar surface area (TPSA) is 69.7 Å².